The van der Waals surface area contributed by atoms with Gasteiger partial charge in [0.2, 0.25) is 0 Å². The quantitative estimate of drug-likeness (QED) is 0.488. The van der Waals surface area contributed by atoms with Crippen molar-refractivity contribution in [1.82, 2.24) is 10.5 Å². The number of nitrogens with zero attached hydrogens (tertiary/aromatic N) is 1. The summed E-state index contributed by atoms with van der Waals surface area (Å²) in [4.78, 5) is 0. The Morgan fingerprint density at radius 3 is 3.08 bits per heavy atom. The van der Waals surface area contributed by atoms with Crippen molar-refractivity contribution >= 4 is 0 Å². The zero-order chi connectivity index (χ0) is 8.60. The van der Waals surface area contributed by atoms with E-state index in [0.29, 0.717) is 0 Å². The molecule has 2 unspecified atom stereocenters. The number of rotatable bonds is 1. The van der Waals surface area contributed by atoms with Gasteiger partial charge in [0.15, 0.2) is 12.0 Å². The third-order valence-electron chi connectivity index (χ3n) is 1.61. The third kappa shape index (κ3) is 1.10. The van der Waals surface area contributed by atoms with Gasteiger partial charge in [-0.15, -0.1) is 0 Å². The minimum Gasteiger partial charge on any atom is -0.367 e. The molecule has 3 N–H and O–H groups in total. The molecule has 0 radical (unpaired) electrons. The second kappa shape index (κ2) is 2.53. The highest BCUT2D eigenvalue weighted by Gasteiger charge is 2.41. The van der Waals surface area contributed by atoms with E-state index < -0.39 is 12.2 Å². The lowest BCUT2D eigenvalue weighted by Crippen LogP contribution is -2.38. The Balaban J connectivity index is 2.23. The van der Waals surface area contributed by atoms with E-state index in [1.165, 1.54) is 12.3 Å². The molecule has 2 atom stereocenters. The Bertz CT molecular complexity index is 263. The van der Waals surface area contributed by atoms with Crippen LogP contribution in [0.15, 0.2) is 16.9 Å². The highest BCUT2D eigenvalue weighted by atomic mass is 16.7. The van der Waals surface area contributed by atoms with Gasteiger partial charge in [-0.1, -0.05) is 5.16 Å². The second-order valence-corrected chi connectivity index (χ2v) is 2.48. The molecule has 12 heavy (non-hydrogen) atoms. The molecule has 1 fully saturated rings. The first-order valence-corrected chi connectivity index (χ1v) is 3.45. The average Bonchev–Trinajstić information content (AvgIpc) is 2.59. The zero-order valence-electron chi connectivity index (χ0n) is 6.10. The molecule has 0 saturated carbocycles. The van der Waals surface area contributed by atoms with Gasteiger partial charge >= 0.3 is 0 Å². The van der Waals surface area contributed by atoms with E-state index in [1.807, 2.05) is 0 Å². The van der Waals surface area contributed by atoms with Crippen LogP contribution in [0, 0.1) is 0 Å². The summed E-state index contributed by atoms with van der Waals surface area (Å²) in [6, 6.07) is 1.45. The van der Waals surface area contributed by atoms with E-state index in [9.17, 15) is 5.11 Å². The van der Waals surface area contributed by atoms with Crippen molar-refractivity contribution in [3.05, 3.63) is 18.0 Å². The largest absolute Gasteiger partial charge is 0.367 e. The number of β-amino-alcohol motifs (C(OH)–C–C–N with tert-alkyl or cyclic N) is 1. The van der Waals surface area contributed by atoms with Gasteiger partial charge in [-0.3, -0.25) is 5.32 Å². The molecule has 0 aromatic carbocycles. The summed E-state index contributed by atoms with van der Waals surface area (Å²) >= 11 is 0. The Morgan fingerprint density at radius 2 is 2.58 bits per heavy atom. The van der Waals surface area contributed by atoms with Crippen LogP contribution in [-0.4, -0.2) is 28.2 Å². The molecule has 1 saturated heterocycles. The zero-order valence-corrected chi connectivity index (χ0v) is 6.10. The number of hydrogen-bond acceptors (Lipinski definition) is 6. The maximum absolute atomic E-state index is 9.61. The van der Waals surface area contributed by atoms with Gasteiger partial charge in [0.25, 0.3) is 5.91 Å². The minimum atomic E-state index is -1.72. The van der Waals surface area contributed by atoms with Crippen LogP contribution in [0.3, 0.4) is 0 Å². The highest BCUT2D eigenvalue weighted by molar-refractivity contribution is 5.04. The summed E-state index contributed by atoms with van der Waals surface area (Å²) in [5, 5.41) is 24.6. The summed E-state index contributed by atoms with van der Waals surface area (Å²) in [6.45, 7) is 0.156. The van der Waals surface area contributed by atoms with Crippen molar-refractivity contribution in [3.63, 3.8) is 0 Å². The second-order valence-electron chi connectivity index (χ2n) is 2.48. The first-order valence-electron chi connectivity index (χ1n) is 3.45. The monoisotopic (exact) mass is 172 g/mol. The lowest BCUT2D eigenvalue weighted by atomic mass is 10.3. The van der Waals surface area contributed by atoms with E-state index in [2.05, 4.69) is 15.0 Å². The maximum Gasteiger partial charge on any atom is 0.276 e. The number of hydrogen-bond donors (Lipinski definition) is 3. The predicted molar refractivity (Wildman–Crippen MR) is 35.5 cm³/mol. The van der Waals surface area contributed by atoms with Gasteiger partial charge in [0.05, 0.1) is 6.54 Å². The SMILES string of the molecule is OC1CNC(O)(c2ccon2)O1. The van der Waals surface area contributed by atoms with Crippen LogP contribution in [0.25, 0.3) is 0 Å². The molecule has 2 heterocycles. The average molecular weight is 172 g/mol. The van der Waals surface area contributed by atoms with Gasteiger partial charge < -0.3 is 19.5 Å². The summed E-state index contributed by atoms with van der Waals surface area (Å²) in [5.41, 5.74) is 0.194. The first-order chi connectivity index (χ1) is 5.71. The predicted octanol–water partition coefficient (Wildman–Crippen LogP) is -1.28. The fourth-order valence-corrected chi connectivity index (χ4v) is 1.04. The molecule has 1 aliphatic rings. The topological polar surface area (TPSA) is 87.8 Å². The molecule has 2 rings (SSSR count). The highest BCUT2D eigenvalue weighted by Crippen LogP contribution is 2.23. The molecule has 0 amide bonds. The van der Waals surface area contributed by atoms with Gasteiger partial charge in [0.1, 0.15) is 6.26 Å². The Labute approximate surface area is 67.7 Å². The van der Waals surface area contributed by atoms with Crippen molar-refractivity contribution in [2.24, 2.45) is 0 Å². The van der Waals surface area contributed by atoms with Crippen LogP contribution in [-0.2, 0) is 10.6 Å². The summed E-state index contributed by atoms with van der Waals surface area (Å²) in [7, 11) is 0. The number of aliphatic hydroxyl groups excluding tert-OH is 1. The molecule has 1 aromatic heterocycles. The molecular weight excluding hydrogens is 164 g/mol. The van der Waals surface area contributed by atoms with E-state index in [4.69, 9.17) is 9.84 Å². The van der Waals surface area contributed by atoms with Crippen molar-refractivity contribution in [2.45, 2.75) is 12.2 Å². The maximum atomic E-state index is 9.61. The molecule has 66 valence electrons. The van der Waals surface area contributed by atoms with E-state index in [0.717, 1.165) is 0 Å². The number of aliphatic hydroxyl groups is 2. The number of ether oxygens (including phenoxy) is 1. The molecule has 0 bridgehead atoms. The van der Waals surface area contributed by atoms with Crippen LogP contribution < -0.4 is 5.32 Å². The normalized spacial score (nSPS) is 35.7. The van der Waals surface area contributed by atoms with Crippen molar-refractivity contribution in [3.8, 4) is 0 Å². The molecule has 1 aromatic rings. The summed E-state index contributed by atoms with van der Waals surface area (Å²) in [5.74, 6) is -1.72. The Hall–Kier alpha value is -0.950. The lowest BCUT2D eigenvalue weighted by molar-refractivity contribution is -0.254. The number of nitrogens with one attached hydrogen (secondary N) is 1. The van der Waals surface area contributed by atoms with Crippen LogP contribution in [0.1, 0.15) is 5.69 Å². The molecular formula is C6H8N2O4. The summed E-state index contributed by atoms with van der Waals surface area (Å²) in [6.07, 6.45) is 0.287. The molecule has 1 aliphatic heterocycles. The van der Waals surface area contributed by atoms with Crippen LogP contribution >= 0.6 is 0 Å². The van der Waals surface area contributed by atoms with Crippen LogP contribution in [0.5, 0.6) is 0 Å². The standard InChI is InChI=1S/C6H8N2O4/c9-5-3-7-6(10,12-5)4-1-2-11-8-4/h1-2,5,7,9-10H,3H2. The van der Waals surface area contributed by atoms with E-state index >= 15 is 0 Å². The first kappa shape index (κ1) is 7.69. The minimum absolute atomic E-state index is 0.156. The molecule has 6 nitrogen and oxygen atoms in total. The van der Waals surface area contributed by atoms with Crippen LogP contribution in [0.4, 0.5) is 0 Å². The van der Waals surface area contributed by atoms with Gasteiger partial charge in [-0.2, -0.15) is 0 Å². The van der Waals surface area contributed by atoms with Crippen molar-refractivity contribution < 1.29 is 19.5 Å². The molecule has 6 heteroatoms. The van der Waals surface area contributed by atoms with Crippen molar-refractivity contribution in [2.75, 3.05) is 6.54 Å². The van der Waals surface area contributed by atoms with Gasteiger partial charge in [-0.05, 0) is 0 Å². The third-order valence-corrected chi connectivity index (χ3v) is 1.61. The fourth-order valence-electron chi connectivity index (χ4n) is 1.04. The van der Waals surface area contributed by atoms with E-state index in [1.54, 1.807) is 0 Å². The Kier molecular flexibility index (Phi) is 1.62. The number of aromatic nitrogens is 1. The van der Waals surface area contributed by atoms with E-state index in [-0.39, 0.29) is 12.2 Å². The molecule has 0 aliphatic carbocycles. The Morgan fingerprint density at radius 1 is 1.75 bits per heavy atom. The van der Waals surface area contributed by atoms with Crippen LogP contribution in [0.2, 0.25) is 0 Å². The lowest BCUT2D eigenvalue weighted by Gasteiger charge is -2.17. The smallest absolute Gasteiger partial charge is 0.276 e. The van der Waals surface area contributed by atoms with Crippen molar-refractivity contribution in [1.29, 1.82) is 0 Å². The van der Waals surface area contributed by atoms with Gasteiger partial charge in [0, 0.05) is 6.07 Å². The van der Waals surface area contributed by atoms with Gasteiger partial charge in [-0.25, -0.2) is 0 Å². The fraction of sp³-hybridized carbons (Fsp3) is 0.500. The summed E-state index contributed by atoms with van der Waals surface area (Å²) < 4.78 is 9.29. The molecule has 0 spiro atoms.